The van der Waals surface area contributed by atoms with Crippen molar-refractivity contribution in [3.05, 3.63) is 12.2 Å². The smallest absolute Gasteiger partial charge is 0.420 e. The van der Waals surface area contributed by atoms with Crippen molar-refractivity contribution >= 4 is 17.1 Å². The van der Waals surface area contributed by atoms with Crippen molar-refractivity contribution < 1.29 is 17.7 Å². The van der Waals surface area contributed by atoms with Crippen LogP contribution in [0.15, 0.2) is 12.2 Å². The Balaban J connectivity index is 2.16. The van der Waals surface area contributed by atoms with Gasteiger partial charge >= 0.3 is 8.80 Å². The van der Waals surface area contributed by atoms with Crippen molar-refractivity contribution in [3.63, 3.8) is 0 Å². The van der Waals surface area contributed by atoms with Crippen LogP contribution < -0.4 is 0 Å². The molecule has 2 bridgehead atoms. The topological polar surface area (TPSA) is 36.9 Å². The molecule has 0 aromatic rings. The average molecular weight is 303 g/mol. The van der Waals surface area contributed by atoms with E-state index >= 15 is 0 Å². The second-order valence-corrected chi connectivity index (χ2v) is 13.7. The molecule has 0 amide bonds. The van der Waals surface area contributed by atoms with Gasteiger partial charge in [0.15, 0.2) is 8.32 Å². The first-order valence-corrected chi connectivity index (χ1v) is 11.5. The third-order valence-corrected chi connectivity index (χ3v) is 14.6. The molecule has 0 aromatic carbocycles. The zero-order valence-corrected chi connectivity index (χ0v) is 14.6. The Kier molecular flexibility index (Phi) is 4.69. The fraction of sp³-hybridized carbons (Fsp3) is 0.846. The second-order valence-electron chi connectivity index (χ2n) is 5.88. The highest BCUT2D eigenvalue weighted by atomic mass is 28.4. The van der Waals surface area contributed by atoms with Gasteiger partial charge in [-0.15, -0.1) is 0 Å². The summed E-state index contributed by atoms with van der Waals surface area (Å²) in [5.74, 6) is 1.46. The van der Waals surface area contributed by atoms with E-state index in [4.69, 9.17) is 17.7 Å². The van der Waals surface area contributed by atoms with E-state index in [1.165, 1.54) is 12.8 Å². The standard InChI is InChI=1S/C13H26O4Si2/c1-14-18(5,10-19(15-2,16-3)17-4)13-9-11-6-7-12(13)8-11/h6-7,11-13H,8-10H2,1-5H3. The Morgan fingerprint density at radius 1 is 0.947 bits per heavy atom. The Morgan fingerprint density at radius 3 is 1.95 bits per heavy atom. The number of hydrogen-bond acceptors (Lipinski definition) is 4. The van der Waals surface area contributed by atoms with Gasteiger partial charge in [0.05, 0.1) is 0 Å². The van der Waals surface area contributed by atoms with Gasteiger partial charge in [0.2, 0.25) is 0 Å². The highest BCUT2D eigenvalue weighted by Crippen LogP contribution is 2.53. The summed E-state index contributed by atoms with van der Waals surface area (Å²) in [6.07, 6.45) is 7.33. The van der Waals surface area contributed by atoms with Gasteiger partial charge < -0.3 is 17.7 Å². The molecular weight excluding hydrogens is 276 g/mol. The van der Waals surface area contributed by atoms with Crippen LogP contribution in [0.2, 0.25) is 17.8 Å². The highest BCUT2D eigenvalue weighted by molar-refractivity contribution is 6.87. The molecule has 2 rings (SSSR count). The summed E-state index contributed by atoms with van der Waals surface area (Å²) in [7, 11) is 2.44. The number of rotatable bonds is 7. The van der Waals surface area contributed by atoms with Crippen LogP contribution in [0, 0.1) is 11.8 Å². The number of allylic oxidation sites excluding steroid dienone is 2. The van der Waals surface area contributed by atoms with E-state index in [1.54, 1.807) is 21.3 Å². The monoisotopic (exact) mass is 302 g/mol. The molecular formula is C13H26O4Si2. The lowest BCUT2D eigenvalue weighted by Gasteiger charge is -2.39. The number of hydrogen-bond donors (Lipinski definition) is 0. The minimum atomic E-state index is -2.56. The molecule has 19 heavy (non-hydrogen) atoms. The molecule has 4 unspecified atom stereocenters. The van der Waals surface area contributed by atoms with Crippen LogP contribution in [-0.4, -0.2) is 45.6 Å². The van der Waals surface area contributed by atoms with Gasteiger partial charge in [0.25, 0.3) is 0 Å². The lowest BCUT2D eigenvalue weighted by atomic mass is 10.1. The fourth-order valence-corrected chi connectivity index (χ4v) is 13.3. The predicted molar refractivity (Wildman–Crippen MR) is 79.3 cm³/mol. The van der Waals surface area contributed by atoms with Crippen LogP contribution >= 0.6 is 0 Å². The van der Waals surface area contributed by atoms with Gasteiger partial charge in [0.1, 0.15) is 0 Å². The molecule has 0 aromatic heterocycles. The molecule has 1 saturated carbocycles. The lowest BCUT2D eigenvalue weighted by molar-refractivity contribution is 0.126. The third kappa shape index (κ3) is 2.75. The van der Waals surface area contributed by atoms with E-state index in [1.807, 2.05) is 7.11 Å². The molecule has 4 nitrogen and oxygen atoms in total. The van der Waals surface area contributed by atoms with Crippen molar-refractivity contribution in [2.24, 2.45) is 11.8 Å². The predicted octanol–water partition coefficient (Wildman–Crippen LogP) is 2.59. The molecule has 4 atom stereocenters. The van der Waals surface area contributed by atoms with E-state index in [9.17, 15) is 0 Å². The average Bonchev–Trinajstić information content (AvgIpc) is 3.08. The molecule has 0 radical (unpaired) electrons. The van der Waals surface area contributed by atoms with Gasteiger partial charge in [0, 0.05) is 34.1 Å². The first-order valence-electron chi connectivity index (χ1n) is 6.91. The Bertz CT molecular complexity index is 337. The SMILES string of the molecule is CO[Si](C[Si](C)(OC)C1CC2C=CC1C2)(OC)OC. The molecule has 0 spiro atoms. The molecule has 6 heteroatoms. The molecule has 0 saturated heterocycles. The van der Waals surface area contributed by atoms with E-state index in [2.05, 4.69) is 18.7 Å². The number of fused-ring (bicyclic) bond motifs is 2. The van der Waals surface area contributed by atoms with Crippen molar-refractivity contribution in [1.82, 2.24) is 0 Å². The van der Waals surface area contributed by atoms with Crippen molar-refractivity contribution in [2.75, 3.05) is 28.4 Å². The van der Waals surface area contributed by atoms with Gasteiger partial charge in [-0.3, -0.25) is 0 Å². The van der Waals surface area contributed by atoms with Crippen LogP contribution in [-0.2, 0) is 17.7 Å². The van der Waals surface area contributed by atoms with E-state index < -0.39 is 17.1 Å². The highest BCUT2D eigenvalue weighted by Gasteiger charge is 2.55. The molecule has 1 fully saturated rings. The van der Waals surface area contributed by atoms with E-state index in [0.29, 0.717) is 11.5 Å². The summed E-state index contributed by atoms with van der Waals surface area (Å²) in [5.41, 5.74) is 1.50. The van der Waals surface area contributed by atoms with Gasteiger partial charge in [-0.1, -0.05) is 12.2 Å². The second kappa shape index (κ2) is 5.79. The van der Waals surface area contributed by atoms with Crippen LogP contribution in [0.1, 0.15) is 12.8 Å². The molecule has 2 aliphatic rings. The molecule has 0 heterocycles. The van der Waals surface area contributed by atoms with Gasteiger partial charge in [-0.2, -0.15) is 0 Å². The van der Waals surface area contributed by atoms with Crippen LogP contribution in [0.25, 0.3) is 0 Å². The zero-order valence-electron chi connectivity index (χ0n) is 12.6. The fourth-order valence-electron chi connectivity index (χ4n) is 3.73. The van der Waals surface area contributed by atoms with Crippen LogP contribution in [0.4, 0.5) is 0 Å². The summed E-state index contributed by atoms with van der Waals surface area (Å²) in [6, 6.07) is 0. The summed E-state index contributed by atoms with van der Waals surface area (Å²) in [5, 5.41) is 0. The summed E-state index contributed by atoms with van der Waals surface area (Å²) in [4.78, 5) is 0. The van der Waals surface area contributed by atoms with E-state index in [-0.39, 0.29) is 0 Å². The molecule has 0 N–H and O–H groups in total. The minimum Gasteiger partial charge on any atom is -0.420 e. The molecule has 2 aliphatic carbocycles. The van der Waals surface area contributed by atoms with Crippen molar-refractivity contribution in [2.45, 2.75) is 30.6 Å². The van der Waals surface area contributed by atoms with Crippen LogP contribution in [0.5, 0.6) is 0 Å². The molecule has 110 valence electrons. The normalized spacial score (nSPS) is 32.8. The summed E-state index contributed by atoms with van der Waals surface area (Å²) >= 11 is 0. The summed E-state index contributed by atoms with van der Waals surface area (Å²) in [6.45, 7) is 2.31. The van der Waals surface area contributed by atoms with E-state index in [0.717, 1.165) is 11.6 Å². The Morgan fingerprint density at radius 2 is 1.58 bits per heavy atom. The quantitative estimate of drug-likeness (QED) is 0.535. The maximum absolute atomic E-state index is 6.04. The van der Waals surface area contributed by atoms with Crippen LogP contribution in [0.3, 0.4) is 0 Å². The zero-order chi connectivity index (χ0) is 14.1. The Labute approximate surface area is 118 Å². The first-order chi connectivity index (χ1) is 9.02. The molecule has 0 aliphatic heterocycles. The maximum Gasteiger partial charge on any atom is 0.499 e. The largest absolute Gasteiger partial charge is 0.499 e. The van der Waals surface area contributed by atoms with Crippen molar-refractivity contribution in [3.8, 4) is 0 Å². The van der Waals surface area contributed by atoms with Crippen molar-refractivity contribution in [1.29, 1.82) is 0 Å². The Hall–Kier alpha value is 0.0138. The maximum atomic E-state index is 6.04. The summed E-state index contributed by atoms with van der Waals surface area (Å²) < 4.78 is 22.8. The third-order valence-electron chi connectivity index (χ3n) is 5.03. The van der Waals surface area contributed by atoms with Gasteiger partial charge in [-0.05, 0) is 36.8 Å². The van der Waals surface area contributed by atoms with Gasteiger partial charge in [-0.25, -0.2) is 0 Å². The first kappa shape index (κ1) is 15.4. The lowest BCUT2D eigenvalue weighted by Crippen LogP contribution is -2.54. The minimum absolute atomic E-state index is 0.667.